The van der Waals surface area contributed by atoms with Crippen molar-refractivity contribution in [3.63, 3.8) is 0 Å². The van der Waals surface area contributed by atoms with Crippen LogP contribution in [0.5, 0.6) is 0 Å². The predicted molar refractivity (Wildman–Crippen MR) is 69.1 cm³/mol. The Kier molecular flexibility index (Phi) is 3.94. The zero-order valence-electron chi connectivity index (χ0n) is 11.0. The Morgan fingerprint density at radius 2 is 1.82 bits per heavy atom. The maximum Gasteiger partial charge on any atom is 0.534 e. The highest BCUT2D eigenvalue weighted by molar-refractivity contribution is 7.87. The molecule has 0 aromatic heterocycles. The first-order valence-corrected chi connectivity index (χ1v) is 7.51. The number of alkyl halides is 3. The zero-order valence-corrected chi connectivity index (χ0v) is 11.8. The van der Waals surface area contributed by atoms with Crippen molar-refractivity contribution in [3.8, 4) is 0 Å². The third-order valence-corrected chi connectivity index (χ3v) is 4.34. The molecular weight excluding hydrogens is 325 g/mol. The van der Waals surface area contributed by atoms with E-state index in [9.17, 15) is 31.5 Å². The van der Waals surface area contributed by atoms with E-state index in [1.807, 2.05) is 0 Å². The van der Waals surface area contributed by atoms with Crippen molar-refractivity contribution in [2.75, 3.05) is 0 Å². The van der Waals surface area contributed by atoms with Gasteiger partial charge in [-0.3, -0.25) is 4.79 Å². The fourth-order valence-electron chi connectivity index (χ4n) is 2.25. The van der Waals surface area contributed by atoms with Crippen LogP contribution < -0.4 is 0 Å². The monoisotopic (exact) mass is 336 g/mol. The van der Waals surface area contributed by atoms with Crippen LogP contribution in [0.15, 0.2) is 42.2 Å². The van der Waals surface area contributed by atoms with E-state index in [0.717, 1.165) is 6.08 Å². The van der Waals surface area contributed by atoms with E-state index in [1.54, 1.807) is 18.2 Å². The van der Waals surface area contributed by atoms with Crippen LogP contribution in [0.4, 0.5) is 13.2 Å². The first kappa shape index (κ1) is 16.3. The molecule has 0 saturated heterocycles. The molecule has 0 aliphatic heterocycles. The summed E-state index contributed by atoms with van der Waals surface area (Å²) in [7, 11) is -5.80. The van der Waals surface area contributed by atoms with Gasteiger partial charge >= 0.3 is 21.6 Å². The Labute approximate surface area is 124 Å². The number of carbonyl (C=O) groups is 1. The third kappa shape index (κ3) is 2.80. The Morgan fingerprint density at radius 3 is 2.32 bits per heavy atom. The summed E-state index contributed by atoms with van der Waals surface area (Å²) in [6.07, 6.45) is 0.611. The van der Waals surface area contributed by atoms with Gasteiger partial charge in [-0.25, -0.2) is 0 Å². The van der Waals surface area contributed by atoms with Gasteiger partial charge in [0.25, 0.3) is 0 Å². The van der Waals surface area contributed by atoms with Crippen molar-refractivity contribution in [3.05, 3.63) is 47.7 Å². The van der Waals surface area contributed by atoms with Gasteiger partial charge in [0.05, 0.1) is 0 Å². The summed E-state index contributed by atoms with van der Waals surface area (Å²) >= 11 is 0. The molecule has 0 spiro atoms. The molecule has 1 aliphatic rings. The topological polar surface area (TPSA) is 80.7 Å². The van der Waals surface area contributed by atoms with E-state index in [0.29, 0.717) is 5.56 Å². The number of rotatable bonds is 4. The van der Waals surface area contributed by atoms with Gasteiger partial charge in [0.1, 0.15) is 11.2 Å². The van der Waals surface area contributed by atoms with Crippen molar-refractivity contribution in [1.82, 2.24) is 0 Å². The Bertz CT molecular complexity index is 709. The molecule has 2 rings (SSSR count). The number of hydrogen-bond acceptors (Lipinski definition) is 4. The molecule has 5 nitrogen and oxygen atoms in total. The van der Waals surface area contributed by atoms with Crippen LogP contribution in [0.1, 0.15) is 18.4 Å². The van der Waals surface area contributed by atoms with Crippen LogP contribution >= 0.6 is 0 Å². The van der Waals surface area contributed by atoms with E-state index in [4.69, 9.17) is 0 Å². The standard InChI is InChI=1S/C13H11F3O5S/c14-13(15,16)22(19,20)21-10-6-7-12(8-10,11(17)18)9-4-2-1-3-5-9/h1-5,8H,6-7H2,(H,17,18). The quantitative estimate of drug-likeness (QED) is 0.675. The summed E-state index contributed by atoms with van der Waals surface area (Å²) in [4.78, 5) is 11.6. The van der Waals surface area contributed by atoms with Crippen LogP contribution in [0.3, 0.4) is 0 Å². The molecule has 1 unspecified atom stereocenters. The normalized spacial score (nSPS) is 22.2. The molecule has 1 N–H and O–H groups in total. The first-order chi connectivity index (χ1) is 10.1. The molecule has 0 amide bonds. The van der Waals surface area contributed by atoms with Crippen LogP contribution in [-0.2, 0) is 24.5 Å². The Balaban J connectivity index is 2.39. The van der Waals surface area contributed by atoms with Gasteiger partial charge in [-0.1, -0.05) is 30.3 Å². The van der Waals surface area contributed by atoms with Gasteiger partial charge in [0.2, 0.25) is 0 Å². The minimum Gasteiger partial charge on any atom is -0.480 e. The zero-order chi connectivity index (χ0) is 16.6. The van der Waals surface area contributed by atoms with Crippen molar-refractivity contribution < 1.29 is 35.7 Å². The van der Waals surface area contributed by atoms with Crippen LogP contribution in [0.25, 0.3) is 0 Å². The number of benzene rings is 1. The fourth-order valence-corrected chi connectivity index (χ4v) is 2.76. The highest BCUT2D eigenvalue weighted by Gasteiger charge is 2.50. The van der Waals surface area contributed by atoms with Crippen molar-refractivity contribution in [2.24, 2.45) is 0 Å². The number of aliphatic carboxylic acids is 1. The van der Waals surface area contributed by atoms with E-state index in [2.05, 4.69) is 4.18 Å². The lowest BCUT2D eigenvalue weighted by atomic mass is 9.80. The predicted octanol–water partition coefficient (Wildman–Crippen LogP) is 2.55. The summed E-state index contributed by atoms with van der Waals surface area (Å²) in [6, 6.07) is 7.83. The van der Waals surface area contributed by atoms with E-state index < -0.39 is 32.8 Å². The molecule has 9 heteroatoms. The molecule has 1 aromatic rings. The number of carboxylic acid groups (broad SMARTS) is 1. The fraction of sp³-hybridized carbons (Fsp3) is 0.308. The Hall–Kier alpha value is -2.03. The largest absolute Gasteiger partial charge is 0.534 e. The molecule has 1 aromatic carbocycles. The van der Waals surface area contributed by atoms with E-state index >= 15 is 0 Å². The second-order valence-electron chi connectivity index (χ2n) is 4.74. The van der Waals surface area contributed by atoms with Gasteiger partial charge in [0, 0.05) is 6.42 Å². The molecule has 0 fully saturated rings. The van der Waals surface area contributed by atoms with E-state index in [1.165, 1.54) is 12.1 Å². The maximum atomic E-state index is 12.3. The van der Waals surface area contributed by atoms with E-state index in [-0.39, 0.29) is 12.8 Å². The minimum absolute atomic E-state index is 0.0882. The average molecular weight is 336 g/mol. The minimum atomic E-state index is -5.80. The molecule has 1 aliphatic carbocycles. The van der Waals surface area contributed by atoms with Gasteiger partial charge in [-0.2, -0.15) is 21.6 Å². The van der Waals surface area contributed by atoms with Gasteiger partial charge in [0.15, 0.2) is 0 Å². The van der Waals surface area contributed by atoms with Crippen molar-refractivity contribution in [1.29, 1.82) is 0 Å². The number of carboxylic acids is 1. The summed E-state index contributed by atoms with van der Waals surface area (Å²) < 4.78 is 62.9. The molecule has 1 atom stereocenters. The highest BCUT2D eigenvalue weighted by atomic mass is 32.2. The number of halogens is 3. The molecule has 22 heavy (non-hydrogen) atoms. The first-order valence-electron chi connectivity index (χ1n) is 6.10. The molecule has 0 radical (unpaired) electrons. The van der Waals surface area contributed by atoms with Gasteiger partial charge < -0.3 is 9.29 Å². The molecule has 0 bridgehead atoms. The number of hydrogen-bond donors (Lipinski definition) is 1. The van der Waals surface area contributed by atoms with Crippen molar-refractivity contribution >= 4 is 16.1 Å². The SMILES string of the molecule is O=C(O)C1(c2ccccc2)C=C(OS(=O)(=O)C(F)(F)F)CC1. The molecule has 0 heterocycles. The average Bonchev–Trinajstić information content (AvgIpc) is 2.83. The highest BCUT2D eigenvalue weighted by Crippen LogP contribution is 2.41. The summed E-state index contributed by atoms with van der Waals surface area (Å²) in [5, 5.41) is 9.42. The summed E-state index contributed by atoms with van der Waals surface area (Å²) in [5.41, 5.74) is -6.82. The number of allylic oxidation sites excluding steroid dienone is 1. The lowest BCUT2D eigenvalue weighted by Crippen LogP contribution is -2.31. The second kappa shape index (κ2) is 5.31. The smallest absolute Gasteiger partial charge is 0.480 e. The summed E-state index contributed by atoms with van der Waals surface area (Å²) in [6.45, 7) is 0. The summed E-state index contributed by atoms with van der Waals surface area (Å²) in [5.74, 6) is -1.81. The lowest BCUT2D eigenvalue weighted by Gasteiger charge is -2.21. The second-order valence-corrected chi connectivity index (χ2v) is 6.27. The molecular formula is C13H11F3O5S. The van der Waals surface area contributed by atoms with Crippen LogP contribution in [-0.4, -0.2) is 25.0 Å². The van der Waals surface area contributed by atoms with Gasteiger partial charge in [-0.15, -0.1) is 0 Å². The molecule has 0 saturated carbocycles. The maximum absolute atomic E-state index is 12.3. The Morgan fingerprint density at radius 1 is 1.23 bits per heavy atom. The van der Waals surface area contributed by atoms with Gasteiger partial charge in [-0.05, 0) is 18.1 Å². The third-order valence-electron chi connectivity index (χ3n) is 3.34. The van der Waals surface area contributed by atoms with Crippen LogP contribution in [0.2, 0.25) is 0 Å². The van der Waals surface area contributed by atoms with Crippen LogP contribution in [0, 0.1) is 0 Å². The molecule has 120 valence electrons. The van der Waals surface area contributed by atoms with Crippen molar-refractivity contribution in [2.45, 2.75) is 23.8 Å². The lowest BCUT2D eigenvalue weighted by molar-refractivity contribution is -0.141.